The maximum absolute atomic E-state index is 11.5. The van der Waals surface area contributed by atoms with Gasteiger partial charge in [0.25, 0.3) is 0 Å². The summed E-state index contributed by atoms with van der Waals surface area (Å²) < 4.78 is 0. The van der Waals surface area contributed by atoms with Gasteiger partial charge in [-0.3, -0.25) is 0 Å². The number of aliphatic carboxylic acids is 1. The molecular weight excluding hydrogens is 348 g/mol. The lowest BCUT2D eigenvalue weighted by atomic mass is 10.1. The molecule has 2 aromatic heterocycles. The van der Waals surface area contributed by atoms with Crippen molar-refractivity contribution in [2.75, 3.05) is 26.0 Å². The molecule has 0 radical (unpaired) electrons. The van der Waals surface area contributed by atoms with Crippen molar-refractivity contribution in [2.24, 2.45) is 0 Å². The van der Waals surface area contributed by atoms with Gasteiger partial charge >= 0.3 is 5.97 Å². The summed E-state index contributed by atoms with van der Waals surface area (Å²) in [4.78, 5) is 25.5. The molecule has 1 N–H and O–H groups in total. The molecule has 1 aromatic carbocycles. The number of aromatic nitrogens is 2. The second-order valence-corrected chi connectivity index (χ2v) is 7.38. The molecule has 3 rings (SSSR count). The predicted molar refractivity (Wildman–Crippen MR) is 106 cm³/mol. The van der Waals surface area contributed by atoms with Crippen LogP contribution < -0.4 is 4.90 Å². The van der Waals surface area contributed by atoms with Crippen molar-refractivity contribution in [3.63, 3.8) is 0 Å². The number of nitrogens with zero attached hydrogens (tertiary/aromatic N) is 4. The molecule has 136 valence electrons. The predicted octanol–water partition coefficient (Wildman–Crippen LogP) is 3.33. The van der Waals surface area contributed by atoms with Gasteiger partial charge in [-0.1, -0.05) is 30.3 Å². The Kier molecular flexibility index (Phi) is 5.20. The molecular formula is C19H22N4O2S. The number of anilines is 1. The van der Waals surface area contributed by atoms with E-state index in [-0.39, 0.29) is 0 Å². The first-order valence-corrected chi connectivity index (χ1v) is 9.20. The lowest BCUT2D eigenvalue weighted by molar-refractivity contribution is -0.138. The molecule has 6 nitrogen and oxygen atoms in total. The van der Waals surface area contributed by atoms with Gasteiger partial charge in [-0.25, -0.2) is 14.8 Å². The van der Waals surface area contributed by atoms with Gasteiger partial charge in [0.2, 0.25) is 0 Å². The molecule has 0 spiro atoms. The summed E-state index contributed by atoms with van der Waals surface area (Å²) in [5, 5.41) is 12.4. The van der Waals surface area contributed by atoms with E-state index in [1.807, 2.05) is 49.3 Å². The molecule has 0 saturated carbocycles. The number of carboxylic acids is 1. The van der Waals surface area contributed by atoms with E-state index in [9.17, 15) is 9.90 Å². The van der Waals surface area contributed by atoms with Crippen molar-refractivity contribution in [3.05, 3.63) is 41.5 Å². The summed E-state index contributed by atoms with van der Waals surface area (Å²) >= 11 is 1.56. The van der Waals surface area contributed by atoms with Gasteiger partial charge in [0, 0.05) is 18.0 Å². The third kappa shape index (κ3) is 3.54. The second-order valence-electron chi connectivity index (χ2n) is 6.52. The number of hydrogen-bond acceptors (Lipinski definition) is 6. The fraction of sp³-hybridized carbons (Fsp3) is 0.316. The van der Waals surface area contributed by atoms with Crippen LogP contribution in [0.25, 0.3) is 21.3 Å². The van der Waals surface area contributed by atoms with E-state index >= 15 is 0 Å². The quantitative estimate of drug-likeness (QED) is 0.718. The van der Waals surface area contributed by atoms with E-state index < -0.39 is 12.0 Å². The monoisotopic (exact) mass is 370 g/mol. The fourth-order valence-electron chi connectivity index (χ4n) is 2.75. The van der Waals surface area contributed by atoms with Crippen molar-refractivity contribution in [2.45, 2.75) is 19.5 Å². The number of carbonyl (C=O) groups is 1. The van der Waals surface area contributed by atoms with Gasteiger partial charge in [-0.15, -0.1) is 11.3 Å². The number of thiophene rings is 1. The molecule has 0 saturated heterocycles. The summed E-state index contributed by atoms with van der Waals surface area (Å²) in [6.07, 6.45) is 0. The highest BCUT2D eigenvalue weighted by atomic mass is 32.1. The Hall–Kier alpha value is -2.51. The third-order valence-corrected chi connectivity index (χ3v) is 5.15. The number of hydrogen-bond donors (Lipinski definition) is 1. The van der Waals surface area contributed by atoms with E-state index in [0.29, 0.717) is 18.2 Å². The van der Waals surface area contributed by atoms with Crippen molar-refractivity contribution in [1.82, 2.24) is 14.9 Å². The van der Waals surface area contributed by atoms with Crippen molar-refractivity contribution >= 4 is 33.3 Å². The molecule has 26 heavy (non-hydrogen) atoms. The summed E-state index contributed by atoms with van der Waals surface area (Å²) in [7, 11) is 5.69. The van der Waals surface area contributed by atoms with Gasteiger partial charge < -0.3 is 14.9 Å². The first-order valence-electron chi connectivity index (χ1n) is 8.32. The van der Waals surface area contributed by atoms with E-state index in [4.69, 9.17) is 9.97 Å². The van der Waals surface area contributed by atoms with E-state index in [2.05, 4.69) is 5.38 Å². The average molecular weight is 370 g/mol. The first kappa shape index (κ1) is 18.3. The minimum atomic E-state index is -0.884. The van der Waals surface area contributed by atoms with E-state index in [1.54, 1.807) is 30.2 Å². The van der Waals surface area contributed by atoms with Crippen LogP contribution in [0.1, 0.15) is 12.7 Å². The third-order valence-electron chi connectivity index (χ3n) is 4.28. The average Bonchev–Trinajstić information content (AvgIpc) is 3.03. The fourth-order valence-corrected chi connectivity index (χ4v) is 3.72. The molecule has 0 bridgehead atoms. The molecule has 7 heteroatoms. The number of likely N-dealkylation sites (N-methyl/N-ethyl adjacent to an activating group) is 1. The van der Waals surface area contributed by atoms with Crippen molar-refractivity contribution in [1.29, 1.82) is 0 Å². The molecule has 0 fully saturated rings. The number of carboxylic acid groups (broad SMARTS) is 1. The van der Waals surface area contributed by atoms with Crippen LogP contribution >= 0.6 is 11.3 Å². The second kappa shape index (κ2) is 7.39. The Bertz CT molecular complexity index is 924. The van der Waals surface area contributed by atoms with Crippen LogP contribution in [-0.4, -0.2) is 53.1 Å². The smallest absolute Gasteiger partial charge is 0.326 e. The molecule has 3 aromatic rings. The van der Waals surface area contributed by atoms with Crippen molar-refractivity contribution < 1.29 is 9.90 Å². The molecule has 1 atom stereocenters. The molecule has 1 unspecified atom stereocenters. The topological polar surface area (TPSA) is 69.6 Å². The molecule has 0 aliphatic heterocycles. The zero-order valence-corrected chi connectivity index (χ0v) is 16.1. The Morgan fingerprint density at radius 1 is 1.19 bits per heavy atom. The Balaban J connectivity index is 2.23. The molecule has 0 aliphatic rings. The Labute approximate surface area is 156 Å². The van der Waals surface area contributed by atoms with Crippen LogP contribution in [0.2, 0.25) is 0 Å². The summed E-state index contributed by atoms with van der Waals surface area (Å²) in [6, 6.07) is 9.35. The lowest BCUT2D eigenvalue weighted by Crippen LogP contribution is -2.36. The number of rotatable bonds is 6. The van der Waals surface area contributed by atoms with Gasteiger partial charge in [0.1, 0.15) is 22.5 Å². The zero-order valence-electron chi connectivity index (χ0n) is 15.3. The minimum absolute atomic E-state index is 0.594. The highest BCUT2D eigenvalue weighted by Crippen LogP contribution is 2.38. The van der Waals surface area contributed by atoms with Crippen LogP contribution in [0.15, 0.2) is 35.7 Å². The summed E-state index contributed by atoms with van der Waals surface area (Å²) in [5.74, 6) is 0.454. The number of benzene rings is 1. The minimum Gasteiger partial charge on any atom is -0.480 e. The van der Waals surface area contributed by atoms with E-state index in [1.165, 1.54) is 0 Å². The first-order chi connectivity index (χ1) is 12.4. The standard InChI is InChI=1S/C19H22N4O2S/c1-12(19(24)25)23(4)17-16-14(13-8-6-5-7-9-13)11-26-18(16)21-15(20-17)10-22(2)3/h5-9,11-12H,10H2,1-4H3,(H,24,25). The normalized spacial score (nSPS) is 12.5. The van der Waals surface area contributed by atoms with Gasteiger partial charge in [-0.05, 0) is 26.6 Å². The highest BCUT2D eigenvalue weighted by molar-refractivity contribution is 7.17. The Morgan fingerprint density at radius 2 is 1.88 bits per heavy atom. The number of fused-ring (bicyclic) bond motifs is 1. The van der Waals surface area contributed by atoms with Gasteiger partial charge in [0.15, 0.2) is 0 Å². The highest BCUT2D eigenvalue weighted by Gasteiger charge is 2.24. The van der Waals surface area contributed by atoms with Crippen LogP contribution in [0.3, 0.4) is 0 Å². The van der Waals surface area contributed by atoms with Crippen LogP contribution in [0.4, 0.5) is 5.82 Å². The molecule has 2 heterocycles. The largest absolute Gasteiger partial charge is 0.480 e. The lowest BCUT2D eigenvalue weighted by Gasteiger charge is -2.24. The van der Waals surface area contributed by atoms with E-state index in [0.717, 1.165) is 21.3 Å². The molecule has 0 amide bonds. The van der Waals surface area contributed by atoms with Crippen LogP contribution in [0, 0.1) is 0 Å². The summed E-state index contributed by atoms with van der Waals surface area (Å²) in [6.45, 7) is 2.26. The maximum atomic E-state index is 11.5. The zero-order chi connectivity index (χ0) is 18.8. The van der Waals surface area contributed by atoms with Crippen LogP contribution in [-0.2, 0) is 11.3 Å². The van der Waals surface area contributed by atoms with Gasteiger partial charge in [-0.2, -0.15) is 0 Å². The molecule has 0 aliphatic carbocycles. The maximum Gasteiger partial charge on any atom is 0.326 e. The SMILES string of the molecule is CC(C(=O)O)N(C)c1nc(CN(C)C)nc2scc(-c3ccccc3)c12. The van der Waals surface area contributed by atoms with Gasteiger partial charge in [0.05, 0.1) is 11.9 Å². The van der Waals surface area contributed by atoms with Crippen molar-refractivity contribution in [3.8, 4) is 11.1 Å². The summed E-state index contributed by atoms with van der Waals surface area (Å²) in [5.41, 5.74) is 2.10. The Morgan fingerprint density at radius 3 is 2.50 bits per heavy atom. The van der Waals surface area contributed by atoms with Crippen LogP contribution in [0.5, 0.6) is 0 Å².